The van der Waals surface area contributed by atoms with E-state index in [2.05, 4.69) is 21.2 Å². The Hall–Kier alpha value is -2.78. The second-order valence-corrected chi connectivity index (χ2v) is 10.0. The summed E-state index contributed by atoms with van der Waals surface area (Å²) in [6.45, 7) is -0.113. The molecular weight excluding hydrogens is 575 g/mol. The quantitative estimate of drug-likeness (QED) is 0.299. The van der Waals surface area contributed by atoms with Crippen molar-refractivity contribution < 1.29 is 19.1 Å². The highest BCUT2D eigenvalue weighted by Crippen LogP contribution is 2.34. The van der Waals surface area contributed by atoms with Crippen LogP contribution in [0.5, 0.6) is 5.75 Å². The van der Waals surface area contributed by atoms with Crippen LogP contribution in [0, 0.1) is 0 Å². The van der Waals surface area contributed by atoms with Crippen LogP contribution in [0.3, 0.4) is 0 Å². The van der Waals surface area contributed by atoms with Crippen molar-refractivity contribution in [1.82, 2.24) is 4.90 Å². The van der Waals surface area contributed by atoms with Crippen LogP contribution >= 0.6 is 50.9 Å². The molecule has 1 fully saturated rings. The van der Waals surface area contributed by atoms with Gasteiger partial charge < -0.3 is 10.1 Å². The van der Waals surface area contributed by atoms with Gasteiger partial charge in [0.25, 0.3) is 11.1 Å². The molecule has 1 saturated heterocycles. The number of para-hydroxylation sites is 1. The van der Waals surface area contributed by atoms with Crippen LogP contribution in [0.2, 0.25) is 10.0 Å². The van der Waals surface area contributed by atoms with E-state index in [1.165, 1.54) is 0 Å². The smallest absolute Gasteiger partial charge is 0.294 e. The van der Waals surface area contributed by atoms with Crippen molar-refractivity contribution >= 4 is 79.7 Å². The van der Waals surface area contributed by atoms with Crippen molar-refractivity contribution in [2.45, 2.75) is 6.61 Å². The molecule has 4 rings (SSSR count). The summed E-state index contributed by atoms with van der Waals surface area (Å²) in [5.74, 6) is -0.458. The molecule has 1 heterocycles. The van der Waals surface area contributed by atoms with Crippen molar-refractivity contribution in [3.63, 3.8) is 0 Å². The summed E-state index contributed by atoms with van der Waals surface area (Å²) in [5.41, 5.74) is 1.95. The normalized spacial score (nSPS) is 14.5. The molecule has 178 valence electrons. The second kappa shape index (κ2) is 11.3. The monoisotopic (exact) mass is 590 g/mol. The first-order chi connectivity index (χ1) is 16.8. The SMILES string of the molecule is O=C(CN1C(=O)S/C(=C/c2ccc(OCc3ccccc3Cl)c(Br)c2)C1=O)Nc1ccccc1Cl. The van der Waals surface area contributed by atoms with E-state index in [1.54, 1.807) is 54.6 Å². The Balaban J connectivity index is 1.41. The number of amides is 3. The average Bonchev–Trinajstić information content (AvgIpc) is 3.08. The van der Waals surface area contributed by atoms with Crippen LogP contribution in [0.1, 0.15) is 11.1 Å². The average molecular weight is 592 g/mol. The summed E-state index contributed by atoms with van der Waals surface area (Å²) in [5, 5.41) is 3.07. The molecule has 3 aromatic rings. The number of nitrogens with zero attached hydrogens (tertiary/aromatic N) is 1. The van der Waals surface area contributed by atoms with Gasteiger partial charge in [0, 0.05) is 10.6 Å². The summed E-state index contributed by atoms with van der Waals surface area (Å²) in [4.78, 5) is 38.7. The minimum absolute atomic E-state index is 0.220. The molecular formula is C25H17BrCl2N2O4S. The third-order valence-corrected chi connectivity index (χ3v) is 7.14. The fourth-order valence-corrected chi connectivity index (χ4v) is 4.90. The number of nitrogens with one attached hydrogen (secondary N) is 1. The molecule has 0 aromatic heterocycles. The van der Waals surface area contributed by atoms with Gasteiger partial charge in [0.1, 0.15) is 18.9 Å². The van der Waals surface area contributed by atoms with Crippen LogP contribution in [-0.2, 0) is 16.2 Å². The van der Waals surface area contributed by atoms with Gasteiger partial charge in [-0.15, -0.1) is 0 Å². The van der Waals surface area contributed by atoms with E-state index in [0.717, 1.165) is 22.2 Å². The molecule has 1 aliphatic rings. The lowest BCUT2D eigenvalue weighted by molar-refractivity contribution is -0.127. The third kappa shape index (κ3) is 6.27. The Morgan fingerprint density at radius 1 is 1.03 bits per heavy atom. The molecule has 3 aromatic carbocycles. The predicted octanol–water partition coefficient (Wildman–Crippen LogP) is 7.01. The molecule has 0 unspecified atom stereocenters. The van der Waals surface area contributed by atoms with Crippen LogP contribution in [0.15, 0.2) is 76.1 Å². The molecule has 0 aliphatic carbocycles. The van der Waals surface area contributed by atoms with E-state index < -0.39 is 23.6 Å². The van der Waals surface area contributed by atoms with Crippen molar-refractivity contribution in [3.8, 4) is 5.75 Å². The molecule has 0 spiro atoms. The van der Waals surface area contributed by atoms with Crippen LogP contribution in [0.25, 0.3) is 6.08 Å². The molecule has 0 atom stereocenters. The van der Waals surface area contributed by atoms with Crippen molar-refractivity contribution in [2.24, 2.45) is 0 Å². The van der Waals surface area contributed by atoms with E-state index in [9.17, 15) is 14.4 Å². The first-order valence-electron chi connectivity index (χ1n) is 10.3. The Morgan fingerprint density at radius 2 is 1.74 bits per heavy atom. The zero-order valence-corrected chi connectivity index (χ0v) is 21.9. The van der Waals surface area contributed by atoms with Gasteiger partial charge in [0.2, 0.25) is 5.91 Å². The molecule has 0 radical (unpaired) electrons. The van der Waals surface area contributed by atoms with E-state index in [0.29, 0.717) is 38.1 Å². The van der Waals surface area contributed by atoms with Crippen molar-refractivity contribution in [1.29, 1.82) is 0 Å². The Labute approximate surface area is 224 Å². The number of carbonyl (C=O) groups excluding carboxylic acids is 3. The summed E-state index contributed by atoms with van der Waals surface area (Å²) >= 11 is 16.5. The molecule has 0 saturated carbocycles. The van der Waals surface area contributed by atoms with Gasteiger partial charge in [-0.2, -0.15) is 0 Å². The van der Waals surface area contributed by atoms with Gasteiger partial charge >= 0.3 is 0 Å². The van der Waals surface area contributed by atoms with Gasteiger partial charge in [-0.3, -0.25) is 19.3 Å². The van der Waals surface area contributed by atoms with Gasteiger partial charge in [-0.05, 0) is 69.7 Å². The number of ether oxygens (including phenoxy) is 1. The number of hydrogen-bond donors (Lipinski definition) is 1. The Morgan fingerprint density at radius 3 is 2.46 bits per heavy atom. The molecule has 35 heavy (non-hydrogen) atoms. The van der Waals surface area contributed by atoms with E-state index in [4.69, 9.17) is 27.9 Å². The largest absolute Gasteiger partial charge is 0.488 e. The summed E-state index contributed by atoms with van der Waals surface area (Å²) < 4.78 is 6.52. The van der Waals surface area contributed by atoms with E-state index >= 15 is 0 Å². The van der Waals surface area contributed by atoms with E-state index in [1.807, 2.05) is 18.2 Å². The zero-order chi connectivity index (χ0) is 24.9. The lowest BCUT2D eigenvalue weighted by Crippen LogP contribution is -2.36. The van der Waals surface area contributed by atoms with Crippen LogP contribution in [-0.4, -0.2) is 28.5 Å². The number of anilines is 1. The van der Waals surface area contributed by atoms with Crippen LogP contribution in [0.4, 0.5) is 10.5 Å². The van der Waals surface area contributed by atoms with Crippen LogP contribution < -0.4 is 10.1 Å². The van der Waals surface area contributed by atoms with Crippen molar-refractivity contribution in [3.05, 3.63) is 97.3 Å². The molecule has 0 bridgehead atoms. The van der Waals surface area contributed by atoms with Gasteiger partial charge in [-0.1, -0.05) is 59.6 Å². The zero-order valence-electron chi connectivity index (χ0n) is 18.0. The Bertz CT molecular complexity index is 1350. The van der Waals surface area contributed by atoms with Gasteiger partial charge in [-0.25, -0.2) is 0 Å². The minimum Gasteiger partial charge on any atom is -0.488 e. The topological polar surface area (TPSA) is 75.7 Å². The fraction of sp³-hybridized carbons (Fsp3) is 0.0800. The highest BCUT2D eigenvalue weighted by molar-refractivity contribution is 9.10. The third-order valence-electron chi connectivity index (χ3n) is 4.92. The first kappa shape index (κ1) is 25.3. The number of benzene rings is 3. The number of carbonyl (C=O) groups is 3. The predicted molar refractivity (Wildman–Crippen MR) is 143 cm³/mol. The number of rotatable bonds is 7. The summed E-state index contributed by atoms with van der Waals surface area (Å²) in [7, 11) is 0. The van der Waals surface area contributed by atoms with E-state index in [-0.39, 0.29) is 4.91 Å². The fourth-order valence-electron chi connectivity index (χ4n) is 3.18. The number of halogens is 3. The summed E-state index contributed by atoms with van der Waals surface area (Å²) in [6.07, 6.45) is 1.60. The highest BCUT2D eigenvalue weighted by Gasteiger charge is 2.36. The number of hydrogen-bond acceptors (Lipinski definition) is 5. The highest BCUT2D eigenvalue weighted by atomic mass is 79.9. The minimum atomic E-state index is -0.538. The number of imide groups is 1. The molecule has 1 aliphatic heterocycles. The van der Waals surface area contributed by atoms with Gasteiger partial charge in [0.15, 0.2) is 0 Å². The Kier molecular flexibility index (Phi) is 8.18. The molecule has 3 amide bonds. The standard InChI is InChI=1S/C25H17BrCl2N2O4S/c26-17-11-15(9-10-21(17)34-14-16-5-1-2-6-18(16)27)12-22-24(32)30(25(33)35-22)13-23(31)29-20-8-4-3-7-19(20)28/h1-12H,13-14H2,(H,29,31)/b22-12+. The summed E-state index contributed by atoms with van der Waals surface area (Å²) in [6, 6.07) is 19.4. The molecule has 6 nitrogen and oxygen atoms in total. The number of thioether (sulfide) groups is 1. The molecule has 1 N–H and O–H groups in total. The maximum Gasteiger partial charge on any atom is 0.294 e. The lowest BCUT2D eigenvalue weighted by Gasteiger charge is -2.13. The maximum absolute atomic E-state index is 12.8. The second-order valence-electron chi connectivity index (χ2n) is 7.37. The van der Waals surface area contributed by atoms with Gasteiger partial charge in [0.05, 0.1) is 20.1 Å². The van der Waals surface area contributed by atoms with Crippen molar-refractivity contribution in [2.75, 3.05) is 11.9 Å². The maximum atomic E-state index is 12.8. The molecule has 10 heteroatoms. The first-order valence-corrected chi connectivity index (χ1v) is 12.6. The lowest BCUT2D eigenvalue weighted by atomic mass is 10.2.